The lowest BCUT2D eigenvalue weighted by Gasteiger charge is -2.29. The minimum absolute atomic E-state index is 0. The third kappa shape index (κ3) is 1.49. The normalized spacial score (nSPS) is 37.0. The second-order valence-corrected chi connectivity index (χ2v) is 3.50. The Morgan fingerprint density at radius 3 is 2.18 bits per heavy atom. The van der Waals surface area contributed by atoms with Gasteiger partial charge >= 0.3 is 0 Å². The Morgan fingerprint density at radius 1 is 1.27 bits per heavy atom. The van der Waals surface area contributed by atoms with Crippen LogP contribution in [0.2, 0.25) is 0 Å². The first kappa shape index (κ1) is 9.20. The minimum atomic E-state index is 0. The molecule has 0 saturated carbocycles. The highest BCUT2D eigenvalue weighted by molar-refractivity contribution is 5.80. The van der Waals surface area contributed by atoms with Crippen molar-refractivity contribution >= 4 is 5.78 Å². The maximum Gasteiger partial charge on any atom is 0.136 e. The molecular formula is C8H13BrNO-. The molecule has 2 saturated heterocycles. The summed E-state index contributed by atoms with van der Waals surface area (Å²) >= 11 is 0. The van der Waals surface area contributed by atoms with Gasteiger partial charge in [0.2, 0.25) is 0 Å². The number of carbonyl (C=O) groups is 1. The number of halogens is 1. The zero-order chi connectivity index (χ0) is 7.14. The summed E-state index contributed by atoms with van der Waals surface area (Å²) in [6, 6.07) is 1.18. The van der Waals surface area contributed by atoms with Crippen molar-refractivity contribution in [3.05, 3.63) is 0 Å². The van der Waals surface area contributed by atoms with E-state index in [0.717, 1.165) is 12.8 Å². The van der Waals surface area contributed by atoms with Gasteiger partial charge in [-0.05, 0) is 19.9 Å². The molecule has 2 bridgehead atoms. The Kier molecular flexibility index (Phi) is 2.70. The summed E-state index contributed by atoms with van der Waals surface area (Å²) in [6.45, 7) is 0. The maximum absolute atomic E-state index is 11.0. The Labute approximate surface area is 77.7 Å². The van der Waals surface area contributed by atoms with Crippen LogP contribution in [-0.2, 0) is 4.79 Å². The predicted molar refractivity (Wildman–Crippen MR) is 38.8 cm³/mol. The molecule has 0 N–H and O–H groups in total. The van der Waals surface area contributed by atoms with Gasteiger partial charge in [-0.2, -0.15) is 0 Å². The van der Waals surface area contributed by atoms with Gasteiger partial charge in [0.15, 0.2) is 0 Å². The number of nitrogens with zero attached hydrogens (tertiary/aromatic N) is 1. The molecule has 0 aliphatic carbocycles. The average Bonchev–Trinajstić information content (AvgIpc) is 2.20. The number of piperidine rings is 1. The highest BCUT2D eigenvalue weighted by Crippen LogP contribution is 2.31. The lowest BCUT2D eigenvalue weighted by molar-refractivity contribution is -0.123. The fourth-order valence-corrected chi connectivity index (χ4v) is 2.19. The van der Waals surface area contributed by atoms with Gasteiger partial charge in [-0.15, -0.1) is 0 Å². The van der Waals surface area contributed by atoms with Crippen LogP contribution in [0, 0.1) is 0 Å². The van der Waals surface area contributed by atoms with Crippen molar-refractivity contribution in [2.24, 2.45) is 0 Å². The van der Waals surface area contributed by atoms with Crippen LogP contribution < -0.4 is 17.0 Å². The first-order valence-electron chi connectivity index (χ1n) is 4.01. The van der Waals surface area contributed by atoms with Crippen molar-refractivity contribution in [2.45, 2.75) is 37.8 Å². The van der Waals surface area contributed by atoms with Gasteiger partial charge in [0, 0.05) is 24.9 Å². The van der Waals surface area contributed by atoms with Crippen LogP contribution in [0.25, 0.3) is 0 Å². The SMILES string of the molecule is CN1C2CCC1CC(=O)C2.[Br-]. The molecule has 2 aliphatic rings. The molecule has 11 heavy (non-hydrogen) atoms. The Bertz CT molecular complexity index is 155. The van der Waals surface area contributed by atoms with E-state index in [4.69, 9.17) is 0 Å². The van der Waals surface area contributed by atoms with Crippen LogP contribution in [0.1, 0.15) is 25.7 Å². The molecule has 2 aliphatic heterocycles. The van der Waals surface area contributed by atoms with Gasteiger partial charge in [0.05, 0.1) is 0 Å². The maximum atomic E-state index is 11.0. The van der Waals surface area contributed by atoms with Crippen molar-refractivity contribution < 1.29 is 21.8 Å². The fourth-order valence-electron chi connectivity index (χ4n) is 2.19. The first-order valence-corrected chi connectivity index (χ1v) is 4.01. The molecule has 0 radical (unpaired) electrons. The van der Waals surface area contributed by atoms with E-state index >= 15 is 0 Å². The molecule has 2 rings (SSSR count). The first-order chi connectivity index (χ1) is 4.77. The van der Waals surface area contributed by atoms with Crippen LogP contribution in [0.5, 0.6) is 0 Å². The summed E-state index contributed by atoms with van der Waals surface area (Å²) in [5.74, 6) is 0.477. The Hall–Kier alpha value is 0.110. The molecule has 2 heterocycles. The molecule has 3 heteroatoms. The smallest absolute Gasteiger partial charge is 0.136 e. The molecule has 64 valence electrons. The van der Waals surface area contributed by atoms with Gasteiger partial charge in [0.25, 0.3) is 0 Å². The second kappa shape index (κ2) is 3.23. The second-order valence-electron chi connectivity index (χ2n) is 3.50. The monoisotopic (exact) mass is 218 g/mol. The summed E-state index contributed by atoms with van der Waals surface area (Å²) < 4.78 is 0. The van der Waals surface area contributed by atoms with Gasteiger partial charge in [-0.3, -0.25) is 9.69 Å². The highest BCUT2D eigenvalue weighted by atomic mass is 79.9. The molecule has 2 fully saturated rings. The number of rotatable bonds is 0. The summed E-state index contributed by atoms with van der Waals surface area (Å²) in [4.78, 5) is 13.4. The van der Waals surface area contributed by atoms with Crippen molar-refractivity contribution in [1.29, 1.82) is 0 Å². The fraction of sp³-hybridized carbons (Fsp3) is 0.875. The van der Waals surface area contributed by atoms with E-state index in [1.54, 1.807) is 0 Å². The van der Waals surface area contributed by atoms with Crippen molar-refractivity contribution in [3.8, 4) is 0 Å². The number of fused-ring (bicyclic) bond motifs is 2. The third-order valence-corrected chi connectivity index (χ3v) is 2.91. The molecular weight excluding hydrogens is 206 g/mol. The largest absolute Gasteiger partial charge is 1.00 e. The number of hydrogen-bond donors (Lipinski definition) is 0. The van der Waals surface area contributed by atoms with Crippen LogP contribution in [0.15, 0.2) is 0 Å². The number of hydrogen-bond acceptors (Lipinski definition) is 2. The Balaban J connectivity index is 0.000000605. The molecule has 2 nitrogen and oxygen atoms in total. The van der Waals surface area contributed by atoms with Gasteiger partial charge in [0.1, 0.15) is 5.78 Å². The van der Waals surface area contributed by atoms with E-state index in [2.05, 4.69) is 11.9 Å². The number of carbonyl (C=O) groups excluding carboxylic acids is 1. The van der Waals surface area contributed by atoms with E-state index in [0.29, 0.717) is 17.9 Å². The van der Waals surface area contributed by atoms with Crippen LogP contribution >= 0.6 is 0 Å². The average molecular weight is 219 g/mol. The summed E-state index contributed by atoms with van der Waals surface area (Å²) in [5.41, 5.74) is 0. The van der Waals surface area contributed by atoms with Gasteiger partial charge in [-0.25, -0.2) is 0 Å². The van der Waals surface area contributed by atoms with Gasteiger partial charge in [-0.1, -0.05) is 0 Å². The molecule has 0 aromatic carbocycles. The van der Waals surface area contributed by atoms with E-state index in [9.17, 15) is 4.79 Å². The van der Waals surface area contributed by atoms with Gasteiger partial charge < -0.3 is 17.0 Å². The summed E-state index contributed by atoms with van der Waals surface area (Å²) in [6.07, 6.45) is 4.11. The lowest BCUT2D eigenvalue weighted by Crippen LogP contribution is -3.00. The highest BCUT2D eigenvalue weighted by Gasteiger charge is 2.37. The number of ketones is 1. The summed E-state index contributed by atoms with van der Waals surface area (Å²) in [5, 5.41) is 0. The predicted octanol–water partition coefficient (Wildman–Crippen LogP) is -2.18. The zero-order valence-electron chi connectivity index (χ0n) is 6.72. The van der Waals surface area contributed by atoms with E-state index < -0.39 is 0 Å². The van der Waals surface area contributed by atoms with Crippen LogP contribution in [-0.4, -0.2) is 29.8 Å². The number of Topliss-reactive ketones (excluding diaryl/α,β-unsaturated/α-hetero) is 1. The molecule has 0 aromatic rings. The van der Waals surface area contributed by atoms with E-state index in [1.807, 2.05) is 0 Å². The van der Waals surface area contributed by atoms with E-state index in [-0.39, 0.29) is 17.0 Å². The Morgan fingerprint density at radius 2 is 1.73 bits per heavy atom. The topological polar surface area (TPSA) is 20.3 Å². The molecule has 0 spiro atoms. The molecule has 2 atom stereocenters. The molecule has 0 aromatic heterocycles. The van der Waals surface area contributed by atoms with Crippen molar-refractivity contribution in [2.75, 3.05) is 7.05 Å². The molecule has 0 amide bonds. The van der Waals surface area contributed by atoms with Crippen LogP contribution in [0.4, 0.5) is 0 Å². The quantitative estimate of drug-likeness (QED) is 0.461. The van der Waals surface area contributed by atoms with Crippen molar-refractivity contribution in [1.82, 2.24) is 4.90 Å². The minimum Gasteiger partial charge on any atom is -1.00 e. The zero-order valence-corrected chi connectivity index (χ0v) is 8.30. The standard InChI is InChI=1S/C8H13NO.BrH/c1-9-6-2-3-7(9)5-8(10)4-6;/h6-7H,2-5H2,1H3;1H/p-1. The van der Waals surface area contributed by atoms with Crippen LogP contribution in [0.3, 0.4) is 0 Å². The third-order valence-electron chi connectivity index (χ3n) is 2.91. The molecule has 2 unspecified atom stereocenters. The van der Waals surface area contributed by atoms with Crippen molar-refractivity contribution in [3.63, 3.8) is 0 Å². The lowest BCUT2D eigenvalue weighted by atomic mass is 10.0. The summed E-state index contributed by atoms with van der Waals surface area (Å²) in [7, 11) is 2.15. The van der Waals surface area contributed by atoms with E-state index in [1.165, 1.54) is 12.8 Å².